The molecule has 0 aromatic heterocycles. The Morgan fingerprint density at radius 2 is 1.50 bits per heavy atom. The van der Waals surface area contributed by atoms with E-state index in [1.54, 1.807) is 0 Å². The van der Waals surface area contributed by atoms with Crippen LogP contribution in [0.2, 0.25) is 0 Å². The maximum Gasteiger partial charge on any atom is 0.281 e. The van der Waals surface area contributed by atoms with Crippen LogP contribution in [0.4, 0.5) is 0 Å². The van der Waals surface area contributed by atoms with Crippen molar-refractivity contribution in [3.8, 4) is 0 Å². The summed E-state index contributed by atoms with van der Waals surface area (Å²) in [5, 5.41) is 3.02. The molecule has 0 aromatic carbocycles. The molecule has 1 spiro atoms. The highest BCUT2D eigenvalue weighted by Crippen LogP contribution is 2.33. The molecule has 30 heavy (non-hydrogen) atoms. The zero-order valence-electron chi connectivity index (χ0n) is 17.6. The number of nitrogens with zero attached hydrogens (tertiary/aromatic N) is 3. The highest BCUT2D eigenvalue weighted by molar-refractivity contribution is 7.86. The van der Waals surface area contributed by atoms with Gasteiger partial charge in [0, 0.05) is 71.1 Å². The third kappa shape index (κ3) is 5.14. The smallest absolute Gasteiger partial charge is 0.281 e. The van der Waals surface area contributed by atoms with Crippen LogP contribution >= 0.6 is 0 Å². The van der Waals surface area contributed by atoms with Gasteiger partial charge >= 0.3 is 0 Å². The van der Waals surface area contributed by atoms with E-state index < -0.39 is 16.0 Å². The predicted molar refractivity (Wildman–Crippen MR) is 109 cm³/mol. The van der Waals surface area contributed by atoms with Gasteiger partial charge in [-0.3, -0.25) is 9.69 Å². The van der Waals surface area contributed by atoms with E-state index in [9.17, 15) is 13.2 Å². The van der Waals surface area contributed by atoms with Crippen LogP contribution in [0.25, 0.3) is 0 Å². The standard InChI is InChI=1S/C19H34N4O6S/c24-18(20-5-10-21-11-13-27-14-12-21)17-1-6-22(7-2-17)30(25,26)23-8-3-19(4-9-23)28-15-16-29-19/h17H,1-16H2,(H,20,24). The summed E-state index contributed by atoms with van der Waals surface area (Å²) in [5.74, 6) is -0.667. The van der Waals surface area contributed by atoms with Gasteiger partial charge in [0.2, 0.25) is 5.91 Å². The molecular formula is C19H34N4O6S. The normalized spacial score (nSPS) is 27.5. The lowest BCUT2D eigenvalue weighted by atomic mass is 9.97. The van der Waals surface area contributed by atoms with Gasteiger partial charge < -0.3 is 19.5 Å². The summed E-state index contributed by atoms with van der Waals surface area (Å²) < 4.78 is 45.8. The van der Waals surface area contributed by atoms with Gasteiger partial charge in [0.1, 0.15) is 0 Å². The van der Waals surface area contributed by atoms with Crippen LogP contribution in [0.1, 0.15) is 25.7 Å². The number of rotatable bonds is 6. The number of hydrogen-bond donors (Lipinski definition) is 1. The zero-order chi connectivity index (χ0) is 21.0. The highest BCUT2D eigenvalue weighted by Gasteiger charge is 2.44. The molecule has 172 valence electrons. The quantitative estimate of drug-likeness (QED) is 0.572. The first-order valence-electron chi connectivity index (χ1n) is 11.1. The molecule has 0 unspecified atom stereocenters. The summed E-state index contributed by atoms with van der Waals surface area (Å²) in [6, 6.07) is 0. The van der Waals surface area contributed by atoms with Crippen LogP contribution in [0.5, 0.6) is 0 Å². The summed E-state index contributed by atoms with van der Waals surface area (Å²) in [5.41, 5.74) is 0. The van der Waals surface area contributed by atoms with Gasteiger partial charge in [-0.2, -0.15) is 17.0 Å². The van der Waals surface area contributed by atoms with Crippen LogP contribution in [0.15, 0.2) is 0 Å². The molecule has 4 rings (SSSR count). The molecule has 1 amide bonds. The number of amides is 1. The Morgan fingerprint density at radius 3 is 2.13 bits per heavy atom. The minimum Gasteiger partial charge on any atom is -0.379 e. The van der Waals surface area contributed by atoms with Crippen LogP contribution in [0.3, 0.4) is 0 Å². The Bertz CT molecular complexity index is 675. The van der Waals surface area contributed by atoms with E-state index in [1.165, 1.54) is 8.61 Å². The second-order valence-corrected chi connectivity index (χ2v) is 10.4. The molecule has 4 aliphatic heterocycles. The molecule has 0 bridgehead atoms. The topological polar surface area (TPSA) is 101 Å². The van der Waals surface area contributed by atoms with Gasteiger partial charge in [0.15, 0.2) is 5.79 Å². The summed E-state index contributed by atoms with van der Waals surface area (Å²) in [4.78, 5) is 14.8. The number of hydrogen-bond acceptors (Lipinski definition) is 7. The van der Waals surface area contributed by atoms with Gasteiger partial charge in [0.05, 0.1) is 26.4 Å². The summed E-state index contributed by atoms with van der Waals surface area (Å²) in [7, 11) is -3.51. The largest absolute Gasteiger partial charge is 0.379 e. The molecule has 0 atom stereocenters. The van der Waals surface area contributed by atoms with E-state index in [-0.39, 0.29) is 11.8 Å². The van der Waals surface area contributed by atoms with Crippen molar-refractivity contribution in [2.24, 2.45) is 5.92 Å². The van der Waals surface area contributed by atoms with Crippen molar-refractivity contribution in [3.63, 3.8) is 0 Å². The molecule has 4 saturated heterocycles. The fraction of sp³-hybridized carbons (Fsp3) is 0.947. The van der Waals surface area contributed by atoms with Crippen molar-refractivity contribution in [1.82, 2.24) is 18.8 Å². The van der Waals surface area contributed by atoms with E-state index in [0.29, 0.717) is 71.6 Å². The zero-order valence-corrected chi connectivity index (χ0v) is 18.4. The van der Waals surface area contributed by atoms with Gasteiger partial charge in [-0.05, 0) is 12.8 Å². The molecule has 0 aliphatic carbocycles. The highest BCUT2D eigenvalue weighted by atomic mass is 32.2. The molecule has 4 fully saturated rings. The molecule has 4 aliphatic rings. The Balaban J connectivity index is 1.19. The average Bonchev–Trinajstić information content (AvgIpc) is 3.22. The Morgan fingerprint density at radius 1 is 0.900 bits per heavy atom. The van der Waals surface area contributed by atoms with E-state index >= 15 is 0 Å². The fourth-order valence-electron chi connectivity index (χ4n) is 4.66. The average molecular weight is 447 g/mol. The van der Waals surface area contributed by atoms with Crippen molar-refractivity contribution in [2.75, 3.05) is 78.8 Å². The van der Waals surface area contributed by atoms with Crippen molar-refractivity contribution < 1.29 is 27.4 Å². The van der Waals surface area contributed by atoms with Gasteiger partial charge in [-0.25, -0.2) is 0 Å². The summed E-state index contributed by atoms with van der Waals surface area (Å²) in [6.07, 6.45) is 2.25. The first-order chi connectivity index (χ1) is 14.5. The van der Waals surface area contributed by atoms with E-state index in [1.807, 2.05) is 0 Å². The minimum absolute atomic E-state index is 0.0377. The van der Waals surface area contributed by atoms with Crippen LogP contribution in [-0.2, 0) is 29.2 Å². The van der Waals surface area contributed by atoms with Gasteiger partial charge in [0.25, 0.3) is 10.2 Å². The number of ether oxygens (including phenoxy) is 3. The monoisotopic (exact) mass is 446 g/mol. The predicted octanol–water partition coefficient (Wildman–Crippen LogP) is -0.769. The van der Waals surface area contributed by atoms with Crippen molar-refractivity contribution in [3.05, 3.63) is 0 Å². The second-order valence-electron chi connectivity index (χ2n) is 8.43. The first kappa shape index (κ1) is 22.4. The summed E-state index contributed by atoms with van der Waals surface area (Å²) in [6.45, 7) is 7.50. The molecule has 0 saturated carbocycles. The molecule has 1 N–H and O–H groups in total. The van der Waals surface area contributed by atoms with Crippen LogP contribution in [0, 0.1) is 5.92 Å². The second kappa shape index (κ2) is 9.76. The first-order valence-corrected chi connectivity index (χ1v) is 12.5. The maximum absolute atomic E-state index is 13.0. The van der Waals surface area contributed by atoms with Gasteiger partial charge in [-0.1, -0.05) is 0 Å². The molecule has 10 nitrogen and oxygen atoms in total. The van der Waals surface area contributed by atoms with Crippen molar-refractivity contribution >= 4 is 16.1 Å². The summed E-state index contributed by atoms with van der Waals surface area (Å²) >= 11 is 0. The molecule has 0 radical (unpaired) electrons. The lowest BCUT2D eigenvalue weighted by Crippen LogP contribution is -2.53. The Hall–Kier alpha value is -0.820. The lowest BCUT2D eigenvalue weighted by Gasteiger charge is -2.40. The molecular weight excluding hydrogens is 412 g/mol. The number of carbonyl (C=O) groups excluding carboxylic acids is 1. The van der Waals surface area contributed by atoms with Crippen LogP contribution in [-0.4, -0.2) is 112 Å². The molecule has 0 aromatic rings. The Kier molecular flexibility index (Phi) is 7.28. The number of piperidine rings is 2. The third-order valence-electron chi connectivity index (χ3n) is 6.61. The maximum atomic E-state index is 13.0. The number of nitrogens with one attached hydrogen (secondary N) is 1. The number of morpholine rings is 1. The SMILES string of the molecule is O=C(NCCN1CCOCC1)C1CCN(S(=O)(=O)N2CCC3(CC2)OCCO3)CC1. The van der Waals surface area contributed by atoms with E-state index in [0.717, 1.165) is 32.8 Å². The molecule has 4 heterocycles. The minimum atomic E-state index is -3.51. The van der Waals surface area contributed by atoms with Crippen molar-refractivity contribution in [1.29, 1.82) is 0 Å². The van der Waals surface area contributed by atoms with Crippen molar-refractivity contribution in [2.45, 2.75) is 31.5 Å². The third-order valence-corrected chi connectivity index (χ3v) is 8.64. The molecule has 11 heteroatoms. The van der Waals surface area contributed by atoms with Crippen LogP contribution < -0.4 is 5.32 Å². The Labute approximate surface area is 179 Å². The fourth-order valence-corrected chi connectivity index (χ4v) is 6.30. The van der Waals surface area contributed by atoms with E-state index in [2.05, 4.69) is 10.2 Å². The van der Waals surface area contributed by atoms with Gasteiger partial charge in [-0.15, -0.1) is 0 Å². The number of carbonyl (C=O) groups is 1. The van der Waals surface area contributed by atoms with E-state index in [4.69, 9.17) is 14.2 Å². The lowest BCUT2D eigenvalue weighted by molar-refractivity contribution is -0.179.